The fourth-order valence-corrected chi connectivity index (χ4v) is 3.75. The molecule has 8 nitrogen and oxygen atoms in total. The maximum absolute atomic E-state index is 12.0. The van der Waals surface area contributed by atoms with Gasteiger partial charge in [-0.05, 0) is 42.4 Å². The molecule has 1 aromatic carbocycles. The summed E-state index contributed by atoms with van der Waals surface area (Å²) in [5, 5.41) is 39.5. The summed E-state index contributed by atoms with van der Waals surface area (Å²) in [5.41, 5.74) is 1.48. The summed E-state index contributed by atoms with van der Waals surface area (Å²) in [7, 11) is 1.51. The normalized spacial score (nSPS) is 25.5. The van der Waals surface area contributed by atoms with Crippen molar-refractivity contribution in [1.29, 1.82) is 0 Å². The lowest BCUT2D eigenvalue weighted by Crippen LogP contribution is -2.59. The van der Waals surface area contributed by atoms with Crippen LogP contribution in [0.4, 0.5) is 0 Å². The lowest BCUT2D eigenvalue weighted by molar-refractivity contribution is -0.228. The van der Waals surface area contributed by atoms with Crippen LogP contribution in [0.15, 0.2) is 30.4 Å². The van der Waals surface area contributed by atoms with Crippen molar-refractivity contribution in [2.24, 2.45) is 5.92 Å². The molecule has 1 saturated heterocycles. The fourth-order valence-electron chi connectivity index (χ4n) is 3.75. The Kier molecular flexibility index (Phi) is 11.3. The van der Waals surface area contributed by atoms with Gasteiger partial charge in [-0.25, -0.2) is 0 Å². The molecule has 1 aliphatic rings. The first-order valence-corrected chi connectivity index (χ1v) is 11.5. The van der Waals surface area contributed by atoms with Gasteiger partial charge in [-0.15, -0.1) is 0 Å². The Morgan fingerprint density at radius 3 is 2.52 bits per heavy atom. The molecular weight excluding hydrogens is 428 g/mol. The summed E-state index contributed by atoms with van der Waals surface area (Å²) in [6.45, 7) is 3.91. The number of carbonyl (C=O) groups is 1. The fraction of sp³-hybridized carbons (Fsp3) is 0.640. The lowest BCUT2D eigenvalue weighted by Gasteiger charge is -2.40. The van der Waals surface area contributed by atoms with E-state index < -0.39 is 37.1 Å². The van der Waals surface area contributed by atoms with Crippen molar-refractivity contribution in [1.82, 2.24) is 0 Å². The maximum atomic E-state index is 12.0. The number of hydrogen-bond donors (Lipinski definition) is 4. The van der Waals surface area contributed by atoms with E-state index in [0.717, 1.165) is 24.8 Å². The minimum absolute atomic E-state index is 0.128. The number of aliphatic hydroxyl groups is 4. The van der Waals surface area contributed by atoms with Crippen molar-refractivity contribution in [3.8, 4) is 5.75 Å². The van der Waals surface area contributed by atoms with Crippen molar-refractivity contribution in [3.63, 3.8) is 0 Å². The predicted molar refractivity (Wildman–Crippen MR) is 123 cm³/mol. The van der Waals surface area contributed by atoms with Gasteiger partial charge in [-0.2, -0.15) is 0 Å². The number of methoxy groups -OCH3 is 1. The molecule has 0 bridgehead atoms. The van der Waals surface area contributed by atoms with Crippen LogP contribution in [-0.2, 0) is 27.3 Å². The molecule has 8 heteroatoms. The van der Waals surface area contributed by atoms with Gasteiger partial charge in [0.05, 0.1) is 19.8 Å². The Morgan fingerprint density at radius 2 is 1.85 bits per heavy atom. The number of allylic oxidation sites excluding steroid dienone is 2. The van der Waals surface area contributed by atoms with E-state index in [2.05, 4.69) is 26.0 Å². The zero-order valence-corrected chi connectivity index (χ0v) is 19.7. The minimum Gasteiger partial charge on any atom is -0.496 e. The predicted octanol–water partition coefficient (Wildman–Crippen LogP) is 1.90. The molecule has 5 unspecified atom stereocenters. The van der Waals surface area contributed by atoms with Gasteiger partial charge in [-0.3, -0.25) is 4.79 Å². The van der Waals surface area contributed by atoms with Crippen LogP contribution < -0.4 is 4.74 Å². The SMILES string of the molecule is COc1cc(COC(=O)CCCC/C=C/C(C)C)ccc1CC1OC(CO)C(O)C(O)C1O. The Labute approximate surface area is 195 Å². The van der Waals surface area contributed by atoms with Crippen molar-refractivity contribution < 1.29 is 39.4 Å². The molecule has 5 atom stereocenters. The lowest BCUT2D eigenvalue weighted by atomic mass is 9.91. The number of unbranched alkanes of at least 4 members (excludes halogenated alkanes) is 2. The molecule has 0 saturated carbocycles. The van der Waals surface area contributed by atoms with E-state index in [-0.39, 0.29) is 19.0 Å². The smallest absolute Gasteiger partial charge is 0.306 e. The average Bonchev–Trinajstić information content (AvgIpc) is 2.80. The number of esters is 1. The molecule has 1 heterocycles. The van der Waals surface area contributed by atoms with Crippen LogP contribution in [0.3, 0.4) is 0 Å². The first kappa shape index (κ1) is 27.3. The third kappa shape index (κ3) is 8.39. The number of rotatable bonds is 12. The minimum atomic E-state index is -1.42. The van der Waals surface area contributed by atoms with Crippen LogP contribution in [0.2, 0.25) is 0 Å². The number of benzene rings is 1. The number of hydrogen-bond acceptors (Lipinski definition) is 8. The van der Waals surface area contributed by atoms with E-state index in [4.69, 9.17) is 14.2 Å². The number of carbonyl (C=O) groups excluding carboxylic acids is 1. The first-order chi connectivity index (χ1) is 15.8. The zero-order chi connectivity index (χ0) is 24.4. The van der Waals surface area contributed by atoms with Crippen LogP contribution in [-0.4, -0.2) is 70.6 Å². The van der Waals surface area contributed by atoms with Gasteiger partial charge in [0.2, 0.25) is 0 Å². The van der Waals surface area contributed by atoms with Crippen molar-refractivity contribution in [2.75, 3.05) is 13.7 Å². The molecule has 1 fully saturated rings. The molecule has 0 spiro atoms. The zero-order valence-electron chi connectivity index (χ0n) is 19.7. The molecule has 1 aromatic rings. The Morgan fingerprint density at radius 1 is 1.12 bits per heavy atom. The van der Waals surface area contributed by atoms with Gasteiger partial charge in [0.25, 0.3) is 0 Å². The molecule has 0 aromatic heterocycles. The van der Waals surface area contributed by atoms with Gasteiger partial charge in [-0.1, -0.05) is 38.1 Å². The third-order valence-corrected chi connectivity index (χ3v) is 5.69. The quantitative estimate of drug-likeness (QED) is 0.209. The van der Waals surface area contributed by atoms with Crippen molar-refractivity contribution in [2.45, 2.75) is 83.1 Å². The van der Waals surface area contributed by atoms with E-state index in [1.54, 1.807) is 18.2 Å². The summed E-state index contributed by atoms with van der Waals surface area (Å²) < 4.78 is 16.4. The Bertz CT molecular complexity index is 761. The van der Waals surface area contributed by atoms with E-state index >= 15 is 0 Å². The molecule has 33 heavy (non-hydrogen) atoms. The highest BCUT2D eigenvalue weighted by molar-refractivity contribution is 5.69. The van der Waals surface area contributed by atoms with Gasteiger partial charge in [0.1, 0.15) is 36.8 Å². The molecular formula is C25H38O8. The van der Waals surface area contributed by atoms with Crippen LogP contribution in [0, 0.1) is 5.92 Å². The second kappa shape index (κ2) is 13.7. The van der Waals surface area contributed by atoms with Crippen LogP contribution in [0.5, 0.6) is 5.75 Å². The topological polar surface area (TPSA) is 126 Å². The number of ether oxygens (including phenoxy) is 3. The summed E-state index contributed by atoms with van der Waals surface area (Å²) in [5.74, 6) is 0.820. The monoisotopic (exact) mass is 466 g/mol. The largest absolute Gasteiger partial charge is 0.496 e. The van der Waals surface area contributed by atoms with Gasteiger partial charge < -0.3 is 34.6 Å². The molecule has 186 valence electrons. The van der Waals surface area contributed by atoms with Crippen molar-refractivity contribution >= 4 is 5.97 Å². The van der Waals surface area contributed by atoms with E-state index in [1.807, 2.05) is 0 Å². The van der Waals surface area contributed by atoms with E-state index in [0.29, 0.717) is 23.7 Å². The molecule has 4 N–H and O–H groups in total. The summed E-state index contributed by atoms with van der Waals surface area (Å²) >= 11 is 0. The molecule has 0 aliphatic carbocycles. The highest BCUT2D eigenvalue weighted by Crippen LogP contribution is 2.28. The summed E-state index contributed by atoms with van der Waals surface area (Å²) in [6, 6.07) is 5.33. The first-order valence-electron chi connectivity index (χ1n) is 11.5. The molecule has 0 amide bonds. The van der Waals surface area contributed by atoms with Gasteiger partial charge in [0.15, 0.2) is 0 Å². The second-order valence-corrected chi connectivity index (χ2v) is 8.80. The second-order valence-electron chi connectivity index (χ2n) is 8.80. The number of aliphatic hydroxyl groups excluding tert-OH is 4. The highest BCUT2D eigenvalue weighted by Gasteiger charge is 2.43. The van der Waals surface area contributed by atoms with Crippen LogP contribution >= 0.6 is 0 Å². The summed E-state index contributed by atoms with van der Waals surface area (Å²) in [4.78, 5) is 12.0. The van der Waals surface area contributed by atoms with Crippen LogP contribution in [0.25, 0.3) is 0 Å². The maximum Gasteiger partial charge on any atom is 0.306 e. The van der Waals surface area contributed by atoms with Crippen LogP contribution in [0.1, 0.15) is 50.7 Å². The van der Waals surface area contributed by atoms with Gasteiger partial charge in [0, 0.05) is 12.8 Å². The molecule has 2 rings (SSSR count). The highest BCUT2D eigenvalue weighted by atomic mass is 16.5. The standard InChI is InChI=1S/C25H38O8/c1-16(2)8-6-4-5-7-9-22(27)32-15-17-10-11-18(19(12-17)31-3)13-20-23(28)25(30)24(29)21(14-26)33-20/h6,8,10-12,16,20-21,23-26,28-30H,4-5,7,9,13-15H2,1-3H3/b8-6+. The van der Waals surface area contributed by atoms with E-state index in [1.165, 1.54) is 7.11 Å². The van der Waals surface area contributed by atoms with Crippen molar-refractivity contribution in [3.05, 3.63) is 41.5 Å². The van der Waals surface area contributed by atoms with Gasteiger partial charge >= 0.3 is 5.97 Å². The summed E-state index contributed by atoms with van der Waals surface area (Å²) in [6.07, 6.45) is 1.67. The Balaban J connectivity index is 1.87. The average molecular weight is 467 g/mol. The Hall–Kier alpha value is -1.97. The third-order valence-electron chi connectivity index (χ3n) is 5.69. The molecule has 0 radical (unpaired) electrons. The molecule has 1 aliphatic heterocycles. The van der Waals surface area contributed by atoms with E-state index in [9.17, 15) is 25.2 Å².